The van der Waals surface area contributed by atoms with E-state index in [-0.39, 0.29) is 6.04 Å². The number of nitrogens with two attached hydrogens (primary N) is 1. The smallest absolute Gasteiger partial charge is 0.0878 e. The van der Waals surface area contributed by atoms with Gasteiger partial charge in [-0.05, 0) is 42.9 Å². The summed E-state index contributed by atoms with van der Waals surface area (Å²) in [5.74, 6) is 6.53. The van der Waals surface area contributed by atoms with E-state index in [1.165, 1.54) is 30.4 Å². The SMILES string of the molecule is Cc1cc(C(NN)c2cccc(C3CCC3)c2)n(C)n1. The van der Waals surface area contributed by atoms with Gasteiger partial charge in [0.2, 0.25) is 0 Å². The van der Waals surface area contributed by atoms with Gasteiger partial charge in [0.1, 0.15) is 0 Å². The standard InChI is InChI=1S/C16H22N4/c1-11-9-15(20(2)19-11)16(18-17)14-8-4-7-13(10-14)12-5-3-6-12/h4,7-10,12,16,18H,3,5-6,17H2,1-2H3. The third kappa shape index (κ3) is 2.37. The van der Waals surface area contributed by atoms with Crippen molar-refractivity contribution in [3.05, 3.63) is 52.8 Å². The van der Waals surface area contributed by atoms with Crippen molar-refractivity contribution in [2.24, 2.45) is 12.9 Å². The van der Waals surface area contributed by atoms with Gasteiger partial charge < -0.3 is 0 Å². The fourth-order valence-corrected chi connectivity index (χ4v) is 2.99. The number of aryl methyl sites for hydroxylation is 2. The molecule has 4 nitrogen and oxygen atoms in total. The first kappa shape index (κ1) is 13.3. The maximum Gasteiger partial charge on any atom is 0.0878 e. The van der Waals surface area contributed by atoms with Crippen LogP contribution in [0, 0.1) is 6.92 Å². The lowest BCUT2D eigenvalue weighted by Gasteiger charge is -2.27. The first-order chi connectivity index (χ1) is 9.69. The van der Waals surface area contributed by atoms with Crippen molar-refractivity contribution in [2.75, 3.05) is 0 Å². The van der Waals surface area contributed by atoms with Crippen LogP contribution in [-0.4, -0.2) is 9.78 Å². The fraction of sp³-hybridized carbons (Fsp3) is 0.438. The largest absolute Gasteiger partial charge is 0.271 e. The van der Waals surface area contributed by atoms with Crippen LogP contribution in [0.5, 0.6) is 0 Å². The quantitative estimate of drug-likeness (QED) is 0.663. The molecule has 1 saturated carbocycles. The summed E-state index contributed by atoms with van der Waals surface area (Å²) in [6, 6.07) is 10.9. The summed E-state index contributed by atoms with van der Waals surface area (Å²) in [6.45, 7) is 2.00. The molecule has 1 aliphatic rings. The Balaban J connectivity index is 1.94. The lowest BCUT2D eigenvalue weighted by molar-refractivity contribution is 0.419. The Kier molecular flexibility index (Phi) is 3.59. The first-order valence-corrected chi connectivity index (χ1v) is 7.25. The van der Waals surface area contributed by atoms with Gasteiger partial charge in [0, 0.05) is 7.05 Å². The van der Waals surface area contributed by atoms with Crippen molar-refractivity contribution in [3.63, 3.8) is 0 Å². The van der Waals surface area contributed by atoms with Crippen LogP contribution in [0.2, 0.25) is 0 Å². The van der Waals surface area contributed by atoms with Gasteiger partial charge in [0.05, 0.1) is 17.4 Å². The number of nitrogens with one attached hydrogen (secondary N) is 1. The summed E-state index contributed by atoms with van der Waals surface area (Å²) in [5, 5.41) is 4.41. The monoisotopic (exact) mass is 270 g/mol. The summed E-state index contributed by atoms with van der Waals surface area (Å²) in [7, 11) is 1.96. The molecule has 0 aliphatic heterocycles. The average molecular weight is 270 g/mol. The van der Waals surface area contributed by atoms with Crippen molar-refractivity contribution < 1.29 is 0 Å². The lowest BCUT2D eigenvalue weighted by atomic mass is 9.79. The predicted octanol–water partition coefficient (Wildman–Crippen LogP) is 2.55. The Bertz CT molecular complexity index is 598. The highest BCUT2D eigenvalue weighted by Crippen LogP contribution is 2.37. The van der Waals surface area contributed by atoms with E-state index in [1.807, 2.05) is 18.7 Å². The van der Waals surface area contributed by atoms with Crippen molar-refractivity contribution >= 4 is 0 Å². The number of aromatic nitrogens is 2. The number of hydrogen-bond acceptors (Lipinski definition) is 3. The Morgan fingerprint density at radius 3 is 2.70 bits per heavy atom. The predicted molar refractivity (Wildman–Crippen MR) is 80.1 cm³/mol. The van der Waals surface area contributed by atoms with E-state index >= 15 is 0 Å². The van der Waals surface area contributed by atoms with Crippen LogP contribution in [0.4, 0.5) is 0 Å². The third-order valence-electron chi connectivity index (χ3n) is 4.32. The van der Waals surface area contributed by atoms with Gasteiger partial charge in [-0.1, -0.05) is 30.7 Å². The number of hydrazine groups is 1. The van der Waals surface area contributed by atoms with Crippen molar-refractivity contribution in [1.29, 1.82) is 0 Å². The Morgan fingerprint density at radius 2 is 2.15 bits per heavy atom. The van der Waals surface area contributed by atoms with Crippen molar-refractivity contribution in [2.45, 2.75) is 38.1 Å². The van der Waals surface area contributed by atoms with E-state index in [0.717, 1.165) is 17.3 Å². The molecule has 1 atom stereocenters. The van der Waals surface area contributed by atoms with Gasteiger partial charge in [-0.3, -0.25) is 10.5 Å². The number of hydrogen-bond donors (Lipinski definition) is 2. The molecule has 0 radical (unpaired) electrons. The second-order valence-corrected chi connectivity index (χ2v) is 5.73. The maximum absolute atomic E-state index is 5.80. The van der Waals surface area contributed by atoms with Crippen LogP contribution in [-0.2, 0) is 7.05 Å². The first-order valence-electron chi connectivity index (χ1n) is 7.25. The van der Waals surface area contributed by atoms with E-state index in [9.17, 15) is 0 Å². The normalized spacial score (nSPS) is 16.9. The van der Waals surface area contributed by atoms with Gasteiger partial charge in [0.15, 0.2) is 0 Å². The van der Waals surface area contributed by atoms with Crippen LogP contribution >= 0.6 is 0 Å². The second kappa shape index (κ2) is 5.38. The molecule has 0 saturated heterocycles. The molecule has 1 fully saturated rings. The van der Waals surface area contributed by atoms with Gasteiger partial charge in [-0.15, -0.1) is 0 Å². The van der Waals surface area contributed by atoms with Crippen LogP contribution in [0.1, 0.15) is 53.7 Å². The molecular formula is C16H22N4. The van der Waals surface area contributed by atoms with Crippen molar-refractivity contribution in [3.8, 4) is 0 Å². The summed E-state index contributed by atoms with van der Waals surface area (Å²) < 4.78 is 1.90. The zero-order valence-corrected chi connectivity index (χ0v) is 12.1. The van der Waals surface area contributed by atoms with E-state index in [4.69, 9.17) is 5.84 Å². The van der Waals surface area contributed by atoms with Gasteiger partial charge >= 0.3 is 0 Å². The number of nitrogens with zero attached hydrogens (tertiary/aromatic N) is 2. The Hall–Kier alpha value is -1.65. The van der Waals surface area contributed by atoms with E-state index in [1.54, 1.807) is 0 Å². The average Bonchev–Trinajstić information content (AvgIpc) is 2.68. The molecule has 4 heteroatoms. The zero-order chi connectivity index (χ0) is 14.1. The maximum atomic E-state index is 5.80. The lowest BCUT2D eigenvalue weighted by Crippen LogP contribution is -2.30. The molecule has 3 rings (SSSR count). The van der Waals surface area contributed by atoms with Crippen LogP contribution in [0.25, 0.3) is 0 Å². The zero-order valence-electron chi connectivity index (χ0n) is 12.1. The van der Waals surface area contributed by atoms with Crippen LogP contribution in [0.15, 0.2) is 30.3 Å². The minimum absolute atomic E-state index is 0.0128. The van der Waals surface area contributed by atoms with E-state index < -0.39 is 0 Å². The van der Waals surface area contributed by atoms with Gasteiger partial charge in [0.25, 0.3) is 0 Å². The Morgan fingerprint density at radius 1 is 1.35 bits per heavy atom. The van der Waals surface area contributed by atoms with Crippen LogP contribution in [0.3, 0.4) is 0 Å². The van der Waals surface area contributed by atoms with Gasteiger partial charge in [-0.2, -0.15) is 5.10 Å². The summed E-state index contributed by atoms with van der Waals surface area (Å²) in [4.78, 5) is 0. The molecule has 1 aromatic carbocycles. The fourth-order valence-electron chi connectivity index (χ4n) is 2.99. The second-order valence-electron chi connectivity index (χ2n) is 5.73. The summed E-state index contributed by atoms with van der Waals surface area (Å²) in [6.07, 6.45) is 3.98. The molecule has 0 amide bonds. The van der Waals surface area contributed by atoms with Crippen molar-refractivity contribution in [1.82, 2.24) is 15.2 Å². The number of rotatable bonds is 4. The third-order valence-corrected chi connectivity index (χ3v) is 4.32. The molecule has 1 aliphatic carbocycles. The number of benzene rings is 1. The molecule has 106 valence electrons. The molecular weight excluding hydrogens is 248 g/mol. The minimum atomic E-state index is -0.0128. The molecule has 0 bridgehead atoms. The summed E-state index contributed by atoms with van der Waals surface area (Å²) in [5.41, 5.74) is 7.68. The summed E-state index contributed by atoms with van der Waals surface area (Å²) >= 11 is 0. The van der Waals surface area contributed by atoms with Gasteiger partial charge in [-0.25, -0.2) is 5.43 Å². The topological polar surface area (TPSA) is 55.9 Å². The molecule has 3 N–H and O–H groups in total. The molecule has 20 heavy (non-hydrogen) atoms. The van der Waals surface area contributed by atoms with E-state index in [0.29, 0.717) is 0 Å². The molecule has 2 aromatic rings. The molecule has 1 aromatic heterocycles. The van der Waals surface area contributed by atoms with Crippen LogP contribution < -0.4 is 11.3 Å². The minimum Gasteiger partial charge on any atom is -0.271 e. The molecule has 1 unspecified atom stereocenters. The highest BCUT2D eigenvalue weighted by Gasteiger charge is 2.22. The Labute approximate surface area is 120 Å². The highest BCUT2D eigenvalue weighted by molar-refractivity contribution is 5.34. The highest BCUT2D eigenvalue weighted by atomic mass is 15.3. The molecule has 0 spiro atoms. The van der Waals surface area contributed by atoms with E-state index in [2.05, 4.69) is 40.9 Å². The molecule has 1 heterocycles.